The van der Waals surface area contributed by atoms with E-state index in [4.69, 9.17) is 11.6 Å². The smallest absolute Gasteiger partial charge is 0.340 e. The predicted octanol–water partition coefficient (Wildman–Crippen LogP) is 2.05. The molecular weight excluding hydrogens is 318 g/mol. The van der Waals surface area contributed by atoms with Crippen LogP contribution in [0.4, 0.5) is 4.79 Å². The Kier molecular flexibility index (Phi) is 4.53. The van der Waals surface area contributed by atoms with Crippen LogP contribution in [0.5, 0.6) is 0 Å². The van der Waals surface area contributed by atoms with E-state index in [0.717, 1.165) is 10.5 Å². The molecule has 1 fully saturated rings. The van der Waals surface area contributed by atoms with Gasteiger partial charge >= 0.3 is 21.5 Å². The molecule has 1 amide bonds. The minimum absolute atomic E-state index is 0.108. The van der Waals surface area contributed by atoms with E-state index in [0.29, 0.717) is 19.4 Å². The normalized spacial score (nSPS) is 18.6. The van der Waals surface area contributed by atoms with Gasteiger partial charge in [-0.15, -0.1) is 0 Å². The number of carbonyl (C=O) groups is 2. The zero-order valence-corrected chi connectivity index (χ0v) is 12.9. The topological polar surface area (TPSA) is 80.8 Å². The lowest BCUT2D eigenvalue weighted by Crippen LogP contribution is -2.39. The second-order valence-corrected chi connectivity index (χ2v) is 6.64. The van der Waals surface area contributed by atoms with Crippen LogP contribution in [0.15, 0.2) is 29.2 Å². The summed E-state index contributed by atoms with van der Waals surface area (Å²) >= 11 is 5.36. The summed E-state index contributed by atoms with van der Waals surface area (Å²) in [6.45, 7) is 2.12. The maximum atomic E-state index is 12.0. The second-order valence-electron chi connectivity index (χ2n) is 4.77. The van der Waals surface area contributed by atoms with Crippen molar-refractivity contribution in [1.29, 1.82) is 0 Å². The molecule has 6 nitrogen and oxygen atoms in total. The molecule has 1 aliphatic rings. The highest BCUT2D eigenvalue weighted by Crippen LogP contribution is 2.22. The molecule has 1 unspecified atom stereocenters. The first-order valence-corrected chi connectivity index (χ1v) is 8.11. The molecule has 0 bridgehead atoms. The van der Waals surface area contributed by atoms with Crippen molar-refractivity contribution in [1.82, 2.24) is 4.90 Å². The number of hydrogen-bond donors (Lipinski definition) is 0. The summed E-state index contributed by atoms with van der Waals surface area (Å²) in [5.41, 5.74) is 0.884. The van der Waals surface area contributed by atoms with E-state index >= 15 is 0 Å². The summed E-state index contributed by atoms with van der Waals surface area (Å²) in [6, 6.07) is 4.97. The summed E-state index contributed by atoms with van der Waals surface area (Å²) in [7, 11) is -4.19. The third-order valence-electron chi connectivity index (χ3n) is 3.25. The van der Waals surface area contributed by atoms with Gasteiger partial charge in [-0.3, -0.25) is 4.79 Å². The average molecular weight is 332 g/mol. The minimum atomic E-state index is -4.19. The summed E-state index contributed by atoms with van der Waals surface area (Å²) in [4.78, 5) is 24.1. The van der Waals surface area contributed by atoms with E-state index in [1.807, 2.05) is 6.92 Å². The lowest BCUT2D eigenvalue weighted by Gasteiger charge is -2.19. The zero-order valence-electron chi connectivity index (χ0n) is 11.3. The third-order valence-corrected chi connectivity index (χ3v) is 4.70. The molecule has 1 saturated heterocycles. The zero-order chi connectivity index (χ0) is 15.6. The monoisotopic (exact) mass is 331 g/mol. The van der Waals surface area contributed by atoms with E-state index in [1.54, 1.807) is 12.1 Å². The average Bonchev–Trinajstić information content (AvgIpc) is 2.88. The molecule has 1 atom stereocenters. The van der Waals surface area contributed by atoms with E-state index in [2.05, 4.69) is 4.18 Å². The Bertz CT molecular complexity index is 656. The van der Waals surface area contributed by atoms with Crippen LogP contribution in [-0.2, 0) is 19.1 Å². The Labute approximate surface area is 127 Å². The number of benzene rings is 1. The Morgan fingerprint density at radius 3 is 2.48 bits per heavy atom. The first-order valence-electron chi connectivity index (χ1n) is 6.32. The fraction of sp³-hybridized carbons (Fsp3) is 0.385. The van der Waals surface area contributed by atoms with Crippen molar-refractivity contribution in [2.45, 2.75) is 30.7 Å². The first kappa shape index (κ1) is 15.8. The van der Waals surface area contributed by atoms with Gasteiger partial charge in [0.05, 0.1) is 0 Å². The Morgan fingerprint density at radius 1 is 1.29 bits per heavy atom. The molecule has 114 valence electrons. The van der Waals surface area contributed by atoms with Gasteiger partial charge < -0.3 is 9.08 Å². The minimum Gasteiger partial charge on any atom is -0.340 e. The standard InChI is InChI=1S/C13H14ClNO5S/c1-9-4-6-10(7-5-9)21(18,19)20-12(16)11-3-2-8-15(11)13(14)17/h4-7,11H,2-3,8H2,1H3. The lowest BCUT2D eigenvalue weighted by atomic mass is 10.2. The maximum absolute atomic E-state index is 12.0. The quantitative estimate of drug-likeness (QED) is 0.481. The highest BCUT2D eigenvalue weighted by Gasteiger charge is 2.37. The van der Waals surface area contributed by atoms with Gasteiger partial charge in [0.2, 0.25) is 0 Å². The van der Waals surface area contributed by atoms with Gasteiger partial charge in [-0.05, 0) is 43.5 Å². The second kappa shape index (κ2) is 6.03. The number of halogens is 1. The van der Waals surface area contributed by atoms with Crippen molar-refractivity contribution in [3.05, 3.63) is 29.8 Å². The van der Waals surface area contributed by atoms with Crippen LogP contribution in [0.2, 0.25) is 0 Å². The Balaban J connectivity index is 2.15. The summed E-state index contributed by atoms with van der Waals surface area (Å²) < 4.78 is 28.6. The highest BCUT2D eigenvalue weighted by atomic mass is 35.5. The molecule has 0 radical (unpaired) electrons. The van der Waals surface area contributed by atoms with Crippen LogP contribution < -0.4 is 0 Å². The van der Waals surface area contributed by atoms with Crippen molar-refractivity contribution in [3.63, 3.8) is 0 Å². The maximum Gasteiger partial charge on any atom is 0.344 e. The molecule has 0 spiro atoms. The molecule has 0 saturated carbocycles. The SMILES string of the molecule is Cc1ccc(S(=O)(=O)OC(=O)C2CCCN2C(=O)Cl)cc1. The van der Waals surface area contributed by atoms with E-state index in [1.165, 1.54) is 12.1 Å². The van der Waals surface area contributed by atoms with Gasteiger partial charge in [-0.1, -0.05) is 17.7 Å². The van der Waals surface area contributed by atoms with Gasteiger partial charge in [-0.2, -0.15) is 8.42 Å². The summed E-state index contributed by atoms with van der Waals surface area (Å²) in [5.74, 6) is -0.984. The predicted molar refractivity (Wildman–Crippen MR) is 75.4 cm³/mol. The lowest BCUT2D eigenvalue weighted by molar-refractivity contribution is -0.137. The van der Waals surface area contributed by atoms with Crippen LogP contribution in [0.3, 0.4) is 0 Å². The molecule has 0 N–H and O–H groups in total. The fourth-order valence-electron chi connectivity index (χ4n) is 2.14. The van der Waals surface area contributed by atoms with E-state index in [-0.39, 0.29) is 4.90 Å². The molecule has 0 aromatic heterocycles. The Morgan fingerprint density at radius 2 is 1.90 bits per heavy atom. The molecule has 1 aromatic rings. The van der Waals surface area contributed by atoms with Gasteiger partial charge in [0.1, 0.15) is 10.9 Å². The molecule has 1 aliphatic heterocycles. The van der Waals surface area contributed by atoms with Gasteiger partial charge in [0, 0.05) is 6.54 Å². The van der Waals surface area contributed by atoms with Crippen LogP contribution in [0.25, 0.3) is 0 Å². The molecule has 8 heteroatoms. The van der Waals surface area contributed by atoms with Crippen LogP contribution in [0.1, 0.15) is 18.4 Å². The number of rotatable bonds is 3. The molecule has 2 rings (SSSR count). The van der Waals surface area contributed by atoms with Crippen LogP contribution >= 0.6 is 11.6 Å². The van der Waals surface area contributed by atoms with E-state index < -0.39 is 27.5 Å². The van der Waals surface area contributed by atoms with Gasteiger partial charge in [0.25, 0.3) is 0 Å². The largest absolute Gasteiger partial charge is 0.344 e. The number of aryl methyl sites for hydroxylation is 1. The first-order chi connectivity index (χ1) is 9.81. The number of nitrogens with zero attached hydrogens (tertiary/aromatic N) is 1. The van der Waals surface area contributed by atoms with Gasteiger partial charge in [0.15, 0.2) is 0 Å². The molecule has 0 aliphatic carbocycles. The molecule has 1 aromatic carbocycles. The van der Waals surface area contributed by atoms with Crippen molar-refractivity contribution < 1.29 is 22.2 Å². The van der Waals surface area contributed by atoms with Crippen LogP contribution in [0, 0.1) is 6.92 Å². The summed E-state index contributed by atoms with van der Waals surface area (Å²) in [6.07, 6.45) is 0.906. The van der Waals surface area contributed by atoms with Crippen molar-refractivity contribution >= 4 is 33.1 Å². The number of carbonyl (C=O) groups excluding carboxylic acids is 2. The fourth-order valence-corrected chi connectivity index (χ4v) is 3.23. The van der Waals surface area contributed by atoms with E-state index in [9.17, 15) is 18.0 Å². The molecule has 1 heterocycles. The molecule has 21 heavy (non-hydrogen) atoms. The highest BCUT2D eigenvalue weighted by molar-refractivity contribution is 7.87. The van der Waals surface area contributed by atoms with Crippen molar-refractivity contribution in [2.75, 3.05) is 6.54 Å². The number of amides is 1. The Hall–Kier alpha value is -1.60. The number of likely N-dealkylation sites (tertiary alicyclic amines) is 1. The van der Waals surface area contributed by atoms with Gasteiger partial charge in [-0.25, -0.2) is 4.79 Å². The van der Waals surface area contributed by atoms with Crippen LogP contribution in [-0.4, -0.2) is 37.2 Å². The third kappa shape index (κ3) is 3.54. The van der Waals surface area contributed by atoms with Crippen molar-refractivity contribution in [3.8, 4) is 0 Å². The summed E-state index contributed by atoms with van der Waals surface area (Å²) in [5, 5.41) is -0.790. The number of hydrogen-bond acceptors (Lipinski definition) is 5. The van der Waals surface area contributed by atoms with Crippen molar-refractivity contribution in [2.24, 2.45) is 0 Å². The molecular formula is C13H14ClNO5S.